The fourth-order valence-electron chi connectivity index (χ4n) is 2.69. The third kappa shape index (κ3) is 5.72. The van der Waals surface area contributed by atoms with E-state index in [0.29, 0.717) is 43.7 Å². The number of aromatic nitrogens is 2. The number of amides is 1. The van der Waals surface area contributed by atoms with E-state index in [2.05, 4.69) is 15.5 Å². The van der Waals surface area contributed by atoms with Crippen LogP contribution in [0.4, 0.5) is 5.69 Å². The summed E-state index contributed by atoms with van der Waals surface area (Å²) in [6, 6.07) is 12.1. The van der Waals surface area contributed by atoms with E-state index in [-0.39, 0.29) is 11.7 Å². The summed E-state index contributed by atoms with van der Waals surface area (Å²) < 4.78 is 16.1. The number of hydrogen-bond acceptors (Lipinski definition) is 7. The van der Waals surface area contributed by atoms with E-state index >= 15 is 0 Å². The summed E-state index contributed by atoms with van der Waals surface area (Å²) in [7, 11) is 4.65. The number of hydrogen-bond donors (Lipinski definition) is 1. The first-order valence-corrected chi connectivity index (χ1v) is 10.7. The fraction of sp³-hybridized carbons (Fsp3) is 0.190. The molecule has 3 aromatic rings. The Labute approximate surface area is 194 Å². The Morgan fingerprint density at radius 3 is 2.19 bits per heavy atom. The second-order valence-corrected chi connectivity index (χ2v) is 7.95. The molecule has 0 saturated carbocycles. The molecule has 0 bridgehead atoms. The maximum Gasteiger partial charge on any atom is 0.234 e. The smallest absolute Gasteiger partial charge is 0.234 e. The van der Waals surface area contributed by atoms with Gasteiger partial charge in [0.2, 0.25) is 11.7 Å². The molecule has 1 heterocycles. The highest BCUT2D eigenvalue weighted by Gasteiger charge is 2.15. The van der Waals surface area contributed by atoms with E-state index in [0.717, 1.165) is 5.56 Å². The molecule has 0 spiro atoms. The number of thioether (sulfide) groups is 1. The minimum Gasteiger partial charge on any atom is -0.493 e. The summed E-state index contributed by atoms with van der Waals surface area (Å²) in [6.45, 7) is 0. The van der Waals surface area contributed by atoms with Gasteiger partial charge in [-0.3, -0.25) is 4.79 Å². The van der Waals surface area contributed by atoms with Crippen molar-refractivity contribution < 1.29 is 19.0 Å². The fourth-order valence-corrected chi connectivity index (χ4v) is 3.60. The highest BCUT2D eigenvalue weighted by atomic mass is 35.5. The normalized spacial score (nSPS) is 10.5. The van der Waals surface area contributed by atoms with Crippen molar-refractivity contribution in [2.75, 3.05) is 32.4 Å². The predicted octanol–water partition coefficient (Wildman–Crippen LogP) is 5.21. The first-order chi connectivity index (χ1) is 14.9. The minimum atomic E-state index is -0.195. The molecular weight excluding hydrogens is 461 g/mol. The molecule has 10 heteroatoms. The van der Waals surface area contributed by atoms with E-state index in [1.165, 1.54) is 11.8 Å². The molecule has 1 aromatic heterocycles. The Bertz CT molecular complexity index is 1060. The van der Waals surface area contributed by atoms with Gasteiger partial charge in [-0.25, -0.2) is 0 Å². The quantitative estimate of drug-likeness (QED) is 0.444. The Morgan fingerprint density at radius 1 is 0.935 bits per heavy atom. The number of carbonyl (C=O) groups excluding carboxylic acids is 1. The topological polar surface area (TPSA) is 82.6 Å². The largest absolute Gasteiger partial charge is 0.493 e. The molecule has 0 fully saturated rings. The summed E-state index contributed by atoms with van der Waals surface area (Å²) in [4.78, 5) is 12.2. The van der Waals surface area contributed by atoms with Gasteiger partial charge in [-0.05, 0) is 42.5 Å². The molecule has 0 aliphatic heterocycles. The van der Waals surface area contributed by atoms with Gasteiger partial charge in [0, 0.05) is 11.3 Å². The summed E-state index contributed by atoms with van der Waals surface area (Å²) in [6.07, 6.45) is 0. The van der Waals surface area contributed by atoms with E-state index in [1.54, 1.807) is 57.7 Å². The summed E-state index contributed by atoms with van der Waals surface area (Å²) in [5.41, 5.74) is 1.96. The lowest BCUT2D eigenvalue weighted by Gasteiger charge is -2.13. The van der Waals surface area contributed by atoms with Crippen LogP contribution >= 0.6 is 35.0 Å². The molecule has 0 unspecified atom stereocenters. The lowest BCUT2D eigenvalue weighted by atomic mass is 10.1. The Morgan fingerprint density at radius 2 is 1.65 bits per heavy atom. The number of nitrogens with one attached hydrogen (secondary N) is 1. The molecule has 0 aliphatic carbocycles. The predicted molar refractivity (Wildman–Crippen MR) is 123 cm³/mol. The second kappa shape index (κ2) is 10.6. The summed E-state index contributed by atoms with van der Waals surface area (Å²) >= 11 is 13.1. The number of halogens is 2. The summed E-state index contributed by atoms with van der Waals surface area (Å²) in [5.74, 6) is 1.52. The van der Waals surface area contributed by atoms with Crippen LogP contribution in [-0.4, -0.2) is 43.2 Å². The lowest BCUT2D eigenvalue weighted by molar-refractivity contribution is -0.113. The molecule has 0 saturated heterocycles. The Hall–Kier alpha value is -2.68. The molecule has 1 N–H and O–H groups in total. The number of ether oxygens (including phenoxy) is 3. The van der Waals surface area contributed by atoms with Crippen LogP contribution < -0.4 is 19.5 Å². The third-order valence-corrected chi connectivity index (χ3v) is 5.81. The van der Waals surface area contributed by atoms with Crippen molar-refractivity contribution in [1.82, 2.24) is 10.2 Å². The van der Waals surface area contributed by atoms with Gasteiger partial charge in [0.15, 0.2) is 11.5 Å². The minimum absolute atomic E-state index is 0.165. The molecule has 31 heavy (non-hydrogen) atoms. The van der Waals surface area contributed by atoms with Crippen molar-refractivity contribution in [3.8, 4) is 28.5 Å². The zero-order valence-corrected chi connectivity index (χ0v) is 19.3. The monoisotopic (exact) mass is 479 g/mol. The van der Waals surface area contributed by atoms with Crippen molar-refractivity contribution in [3.05, 3.63) is 52.5 Å². The Kier molecular flexibility index (Phi) is 7.84. The number of carbonyl (C=O) groups is 1. The molecule has 3 rings (SSSR count). The first-order valence-electron chi connectivity index (χ1n) is 8.97. The number of rotatable bonds is 8. The van der Waals surface area contributed by atoms with Gasteiger partial charge in [-0.15, -0.1) is 10.2 Å². The zero-order chi connectivity index (χ0) is 22.4. The number of nitrogens with zero attached hydrogens (tertiary/aromatic N) is 2. The molecule has 0 atom stereocenters. The van der Waals surface area contributed by atoms with Crippen molar-refractivity contribution in [2.45, 2.75) is 5.03 Å². The van der Waals surface area contributed by atoms with Crippen molar-refractivity contribution in [2.24, 2.45) is 0 Å². The van der Waals surface area contributed by atoms with Crippen LogP contribution in [0.1, 0.15) is 0 Å². The van der Waals surface area contributed by atoms with Crippen LogP contribution in [0, 0.1) is 0 Å². The molecule has 1 amide bonds. The van der Waals surface area contributed by atoms with Gasteiger partial charge >= 0.3 is 0 Å². The van der Waals surface area contributed by atoms with Crippen molar-refractivity contribution >= 4 is 46.6 Å². The average molecular weight is 480 g/mol. The van der Waals surface area contributed by atoms with E-state index in [9.17, 15) is 4.79 Å². The molecular formula is C21H19Cl2N3O4S. The van der Waals surface area contributed by atoms with Crippen LogP contribution in [0.25, 0.3) is 11.3 Å². The molecule has 0 aliphatic rings. The molecule has 2 aromatic carbocycles. The van der Waals surface area contributed by atoms with Crippen LogP contribution in [0.5, 0.6) is 17.2 Å². The average Bonchev–Trinajstić information content (AvgIpc) is 2.79. The molecule has 0 radical (unpaired) electrons. The zero-order valence-electron chi connectivity index (χ0n) is 16.9. The van der Waals surface area contributed by atoms with Gasteiger partial charge in [-0.1, -0.05) is 35.0 Å². The number of benzene rings is 2. The number of methoxy groups -OCH3 is 3. The van der Waals surface area contributed by atoms with E-state index < -0.39 is 0 Å². The van der Waals surface area contributed by atoms with Gasteiger partial charge < -0.3 is 19.5 Å². The van der Waals surface area contributed by atoms with Gasteiger partial charge in [0.25, 0.3) is 0 Å². The van der Waals surface area contributed by atoms with Crippen LogP contribution in [-0.2, 0) is 4.79 Å². The maximum absolute atomic E-state index is 12.2. The Balaban J connectivity index is 1.66. The standard InChI is InChI=1S/C21H19Cl2N3O4S/c1-28-17-8-12(9-18(29-2)21(17)30-3)16-6-7-20(26-25-16)31-11-19(27)24-13-4-5-14(22)15(23)10-13/h4-10H,11H2,1-3H3,(H,24,27). The maximum atomic E-state index is 12.2. The number of anilines is 1. The third-order valence-electron chi connectivity index (χ3n) is 4.16. The molecule has 7 nitrogen and oxygen atoms in total. The second-order valence-electron chi connectivity index (χ2n) is 6.14. The highest BCUT2D eigenvalue weighted by Crippen LogP contribution is 2.40. The van der Waals surface area contributed by atoms with E-state index in [4.69, 9.17) is 37.4 Å². The first kappa shape index (κ1) is 23.0. The van der Waals surface area contributed by atoms with Crippen LogP contribution in [0.3, 0.4) is 0 Å². The van der Waals surface area contributed by atoms with Gasteiger partial charge in [0.1, 0.15) is 5.03 Å². The molecule has 162 valence electrons. The highest BCUT2D eigenvalue weighted by molar-refractivity contribution is 7.99. The van der Waals surface area contributed by atoms with E-state index in [1.807, 2.05) is 6.07 Å². The lowest BCUT2D eigenvalue weighted by Crippen LogP contribution is -2.14. The van der Waals surface area contributed by atoms with Crippen LogP contribution in [0.15, 0.2) is 47.5 Å². The SMILES string of the molecule is COc1cc(-c2ccc(SCC(=O)Nc3ccc(Cl)c(Cl)c3)nn2)cc(OC)c1OC. The van der Waals surface area contributed by atoms with Gasteiger partial charge in [0.05, 0.1) is 42.8 Å². The van der Waals surface area contributed by atoms with Crippen LogP contribution in [0.2, 0.25) is 10.0 Å². The van der Waals surface area contributed by atoms with Crippen molar-refractivity contribution in [3.63, 3.8) is 0 Å². The van der Waals surface area contributed by atoms with Crippen molar-refractivity contribution in [1.29, 1.82) is 0 Å². The summed E-state index contributed by atoms with van der Waals surface area (Å²) in [5, 5.41) is 12.6. The van der Waals surface area contributed by atoms with Gasteiger partial charge in [-0.2, -0.15) is 0 Å².